The molecule has 0 bridgehead atoms. The number of carbonyl (C=O) groups excluding carboxylic acids is 2. The molecule has 2 atom stereocenters. The lowest BCUT2D eigenvalue weighted by Gasteiger charge is -2.34. The van der Waals surface area contributed by atoms with Crippen LogP contribution in [0, 0.1) is 11.8 Å². The van der Waals surface area contributed by atoms with Crippen LogP contribution in [0.5, 0.6) is 0 Å². The fraction of sp³-hybridized carbons (Fsp3) is 0.474. The third-order valence-corrected chi connectivity index (χ3v) is 4.66. The maximum atomic E-state index is 12.3. The summed E-state index contributed by atoms with van der Waals surface area (Å²) in [6.07, 6.45) is 1.01. The molecule has 0 unspecified atom stereocenters. The number of rotatable bonds is 4. The van der Waals surface area contributed by atoms with Crippen LogP contribution in [-0.2, 0) is 20.7 Å². The molecule has 2 aromatic rings. The fourth-order valence-corrected chi connectivity index (χ4v) is 3.59. The van der Waals surface area contributed by atoms with Gasteiger partial charge in [-0.15, -0.1) is 0 Å². The number of fused-ring (bicyclic) bond motifs is 1. The molecule has 1 aliphatic heterocycles. The zero-order chi connectivity index (χ0) is 18.7. The highest BCUT2D eigenvalue weighted by molar-refractivity contribution is 5.87. The number of esters is 1. The second-order valence-corrected chi connectivity index (χ2v) is 7.13. The van der Waals surface area contributed by atoms with Gasteiger partial charge in [0.15, 0.2) is 6.61 Å². The predicted molar refractivity (Wildman–Crippen MR) is 96.6 cm³/mol. The lowest BCUT2D eigenvalue weighted by molar-refractivity contribution is -0.152. The fourth-order valence-electron chi connectivity index (χ4n) is 3.59. The van der Waals surface area contributed by atoms with Gasteiger partial charge < -0.3 is 9.64 Å². The Kier molecular flexibility index (Phi) is 5.35. The average Bonchev–Trinajstić information content (AvgIpc) is 2.61. The van der Waals surface area contributed by atoms with Crippen molar-refractivity contribution in [3.8, 4) is 0 Å². The average molecular weight is 357 g/mol. The monoisotopic (exact) mass is 357 g/mol. The van der Waals surface area contributed by atoms with Crippen LogP contribution >= 0.6 is 0 Å². The maximum absolute atomic E-state index is 12.3. The van der Waals surface area contributed by atoms with E-state index in [1.165, 1.54) is 0 Å². The Bertz CT molecular complexity index is 866. The van der Waals surface area contributed by atoms with Gasteiger partial charge >= 0.3 is 5.97 Å². The summed E-state index contributed by atoms with van der Waals surface area (Å²) in [6.45, 7) is 5.38. The molecule has 0 saturated carbocycles. The molecular weight excluding hydrogens is 334 g/mol. The van der Waals surface area contributed by atoms with Crippen molar-refractivity contribution in [1.82, 2.24) is 15.1 Å². The number of nitrogens with one attached hydrogen (secondary N) is 1. The molecule has 1 fully saturated rings. The minimum Gasteiger partial charge on any atom is -0.455 e. The van der Waals surface area contributed by atoms with Crippen LogP contribution in [0.15, 0.2) is 29.1 Å². The van der Waals surface area contributed by atoms with Crippen molar-refractivity contribution >= 4 is 22.6 Å². The zero-order valence-corrected chi connectivity index (χ0v) is 15.0. The molecule has 26 heavy (non-hydrogen) atoms. The van der Waals surface area contributed by atoms with Gasteiger partial charge in [0.25, 0.3) is 11.5 Å². The van der Waals surface area contributed by atoms with Crippen molar-refractivity contribution in [2.75, 3.05) is 19.7 Å². The van der Waals surface area contributed by atoms with E-state index in [9.17, 15) is 14.4 Å². The van der Waals surface area contributed by atoms with E-state index in [2.05, 4.69) is 24.0 Å². The Labute approximate surface area is 151 Å². The zero-order valence-electron chi connectivity index (χ0n) is 15.0. The third-order valence-electron chi connectivity index (χ3n) is 4.66. The molecule has 0 radical (unpaired) electrons. The van der Waals surface area contributed by atoms with Gasteiger partial charge in [0.05, 0.1) is 17.5 Å². The standard InChI is InChI=1S/C19H23N3O4/c1-12-7-13(2)10-22(9-12)17(23)11-26-18(24)8-16-14-5-3-4-6-15(14)19(25)21-20-16/h3-6,12-13H,7-11H2,1-2H3,(H,21,25)/t12-,13-/m0/s1. The second kappa shape index (κ2) is 7.68. The van der Waals surface area contributed by atoms with Crippen LogP contribution < -0.4 is 5.56 Å². The Hall–Kier alpha value is -2.70. The normalized spacial score (nSPS) is 20.2. The molecule has 0 spiro atoms. The molecule has 3 rings (SSSR count). The molecule has 7 heteroatoms. The van der Waals surface area contributed by atoms with Crippen LogP contribution in [0.1, 0.15) is 26.0 Å². The van der Waals surface area contributed by atoms with E-state index in [0.717, 1.165) is 6.42 Å². The molecule has 1 aliphatic rings. The SMILES string of the molecule is C[C@H]1C[C@H](C)CN(C(=O)COC(=O)Cc2n[nH]c(=O)c3ccccc23)C1. The highest BCUT2D eigenvalue weighted by Crippen LogP contribution is 2.21. The first-order valence-electron chi connectivity index (χ1n) is 8.83. The van der Waals surface area contributed by atoms with Crippen LogP contribution in [-0.4, -0.2) is 46.7 Å². The van der Waals surface area contributed by atoms with Crippen LogP contribution in [0.3, 0.4) is 0 Å². The molecule has 1 aromatic carbocycles. The first-order chi connectivity index (χ1) is 12.4. The molecule has 2 heterocycles. The minimum atomic E-state index is -0.541. The van der Waals surface area contributed by atoms with Crippen molar-refractivity contribution in [2.45, 2.75) is 26.7 Å². The molecule has 0 aliphatic carbocycles. The molecule has 1 amide bonds. The van der Waals surface area contributed by atoms with E-state index < -0.39 is 5.97 Å². The second-order valence-electron chi connectivity index (χ2n) is 7.13. The first kappa shape index (κ1) is 18.1. The summed E-state index contributed by atoms with van der Waals surface area (Å²) < 4.78 is 5.15. The number of hydrogen-bond acceptors (Lipinski definition) is 5. The largest absolute Gasteiger partial charge is 0.455 e. The molecule has 1 N–H and O–H groups in total. The van der Waals surface area contributed by atoms with Gasteiger partial charge in [0.1, 0.15) is 0 Å². The summed E-state index contributed by atoms with van der Waals surface area (Å²) in [5.74, 6) is 0.197. The summed E-state index contributed by atoms with van der Waals surface area (Å²) in [4.78, 5) is 38.0. The number of ether oxygens (including phenoxy) is 1. The summed E-state index contributed by atoms with van der Waals surface area (Å²) in [5.41, 5.74) is 0.124. The van der Waals surface area contributed by atoms with Gasteiger partial charge in [-0.3, -0.25) is 14.4 Å². The summed E-state index contributed by atoms with van der Waals surface area (Å²) in [7, 11) is 0. The highest BCUT2D eigenvalue weighted by Gasteiger charge is 2.26. The van der Waals surface area contributed by atoms with E-state index in [1.807, 2.05) is 0 Å². The number of carbonyl (C=O) groups is 2. The van der Waals surface area contributed by atoms with Crippen LogP contribution in [0.2, 0.25) is 0 Å². The van der Waals surface area contributed by atoms with E-state index in [1.54, 1.807) is 29.2 Å². The third kappa shape index (κ3) is 4.09. The van der Waals surface area contributed by atoms with Gasteiger partial charge in [-0.05, 0) is 24.3 Å². The molecule has 1 aromatic heterocycles. The molecular formula is C19H23N3O4. The number of aromatic amines is 1. The van der Waals surface area contributed by atoms with Crippen molar-refractivity contribution in [3.05, 3.63) is 40.3 Å². The Morgan fingerprint density at radius 2 is 1.85 bits per heavy atom. The van der Waals surface area contributed by atoms with Gasteiger partial charge in [0, 0.05) is 18.5 Å². The summed E-state index contributed by atoms with van der Waals surface area (Å²) >= 11 is 0. The van der Waals surface area contributed by atoms with Gasteiger partial charge in [0.2, 0.25) is 0 Å². The lowest BCUT2D eigenvalue weighted by atomic mass is 9.92. The van der Waals surface area contributed by atoms with E-state index >= 15 is 0 Å². The maximum Gasteiger partial charge on any atom is 0.312 e. The summed E-state index contributed by atoms with van der Waals surface area (Å²) in [5, 5.41) is 7.42. The van der Waals surface area contributed by atoms with Crippen LogP contribution in [0.25, 0.3) is 10.8 Å². The number of amides is 1. The number of likely N-dealkylation sites (tertiary alicyclic amines) is 1. The Morgan fingerprint density at radius 1 is 1.19 bits per heavy atom. The number of aromatic nitrogens is 2. The van der Waals surface area contributed by atoms with E-state index in [4.69, 9.17) is 4.74 Å². The summed E-state index contributed by atoms with van der Waals surface area (Å²) in [6, 6.07) is 6.94. The van der Waals surface area contributed by atoms with Crippen molar-refractivity contribution in [3.63, 3.8) is 0 Å². The topological polar surface area (TPSA) is 92.4 Å². The quantitative estimate of drug-likeness (QED) is 0.838. The van der Waals surface area contributed by atoms with Crippen molar-refractivity contribution in [1.29, 1.82) is 0 Å². The van der Waals surface area contributed by atoms with Gasteiger partial charge in [-0.1, -0.05) is 32.0 Å². The van der Waals surface area contributed by atoms with Gasteiger partial charge in [-0.25, -0.2) is 5.10 Å². The number of benzene rings is 1. The smallest absolute Gasteiger partial charge is 0.312 e. The Morgan fingerprint density at radius 3 is 2.54 bits per heavy atom. The predicted octanol–water partition coefficient (Wildman–Crippen LogP) is 1.51. The molecule has 138 valence electrons. The minimum absolute atomic E-state index is 0.0998. The molecule has 1 saturated heterocycles. The van der Waals surface area contributed by atoms with Crippen LogP contribution in [0.4, 0.5) is 0 Å². The number of hydrogen-bond donors (Lipinski definition) is 1. The van der Waals surface area contributed by atoms with E-state index in [0.29, 0.717) is 41.4 Å². The molecule has 7 nitrogen and oxygen atoms in total. The van der Waals surface area contributed by atoms with Gasteiger partial charge in [-0.2, -0.15) is 5.10 Å². The number of H-pyrrole nitrogens is 1. The first-order valence-corrected chi connectivity index (χ1v) is 8.83. The van der Waals surface area contributed by atoms with Crippen molar-refractivity contribution < 1.29 is 14.3 Å². The van der Waals surface area contributed by atoms with Crippen molar-refractivity contribution in [2.24, 2.45) is 11.8 Å². The lowest BCUT2D eigenvalue weighted by Crippen LogP contribution is -2.44. The Balaban J connectivity index is 1.60. The van der Waals surface area contributed by atoms with E-state index in [-0.39, 0.29) is 24.5 Å². The highest BCUT2D eigenvalue weighted by atomic mass is 16.5. The number of nitrogens with zero attached hydrogens (tertiary/aromatic N) is 2. The number of piperidine rings is 1.